The maximum atomic E-state index is 10.4. The first-order valence-corrected chi connectivity index (χ1v) is 11.0. The number of piperidine rings is 1. The van der Waals surface area contributed by atoms with Crippen LogP contribution in [0, 0.1) is 0 Å². The SMILES string of the molecule is COc1ccc(OCC(O)CN2CCC(O)CC2)c(CN2CCSCC2)c1. The molecule has 27 heavy (non-hydrogen) atoms. The molecule has 0 aliphatic carbocycles. The standard InChI is InChI=1S/C20H32N2O4S/c1-25-19-2-3-20(16(12-19)13-22-8-10-27-11-9-22)26-15-18(24)14-21-6-4-17(23)5-7-21/h2-3,12,17-18,23-24H,4-11,13-15H2,1H3. The fourth-order valence-electron chi connectivity index (χ4n) is 3.59. The van der Waals surface area contributed by atoms with Crippen LogP contribution in [0.5, 0.6) is 11.5 Å². The van der Waals surface area contributed by atoms with Gasteiger partial charge in [0.15, 0.2) is 0 Å². The molecule has 2 aliphatic rings. The zero-order chi connectivity index (χ0) is 19.1. The number of nitrogens with zero attached hydrogens (tertiary/aromatic N) is 2. The van der Waals surface area contributed by atoms with Crippen molar-refractivity contribution in [2.75, 3.05) is 57.9 Å². The molecule has 1 aromatic rings. The summed E-state index contributed by atoms with van der Waals surface area (Å²) in [6, 6.07) is 5.88. The molecule has 2 N–H and O–H groups in total. The maximum Gasteiger partial charge on any atom is 0.124 e. The number of methoxy groups -OCH3 is 1. The first-order chi connectivity index (χ1) is 13.1. The van der Waals surface area contributed by atoms with Gasteiger partial charge < -0.3 is 24.6 Å². The van der Waals surface area contributed by atoms with Crippen LogP contribution in [0.15, 0.2) is 18.2 Å². The van der Waals surface area contributed by atoms with E-state index in [1.54, 1.807) is 7.11 Å². The van der Waals surface area contributed by atoms with Crippen molar-refractivity contribution in [1.29, 1.82) is 0 Å². The molecule has 0 aromatic heterocycles. The minimum Gasteiger partial charge on any atom is -0.497 e. The number of ether oxygens (including phenoxy) is 2. The van der Waals surface area contributed by atoms with E-state index in [1.807, 2.05) is 30.0 Å². The van der Waals surface area contributed by atoms with Crippen molar-refractivity contribution in [3.63, 3.8) is 0 Å². The molecular weight excluding hydrogens is 364 g/mol. The quantitative estimate of drug-likeness (QED) is 0.689. The minimum absolute atomic E-state index is 0.190. The zero-order valence-electron chi connectivity index (χ0n) is 16.2. The predicted octanol–water partition coefficient (Wildman–Crippen LogP) is 1.44. The zero-order valence-corrected chi connectivity index (χ0v) is 17.0. The summed E-state index contributed by atoms with van der Waals surface area (Å²) in [6.45, 7) is 5.54. The summed E-state index contributed by atoms with van der Waals surface area (Å²) in [7, 11) is 1.68. The first-order valence-electron chi connectivity index (χ1n) is 9.82. The molecular formula is C20H32N2O4S. The highest BCUT2D eigenvalue weighted by Crippen LogP contribution is 2.27. The molecule has 0 bridgehead atoms. The van der Waals surface area contributed by atoms with Crippen LogP contribution >= 0.6 is 11.8 Å². The summed E-state index contributed by atoms with van der Waals surface area (Å²) in [5.74, 6) is 3.99. The molecule has 1 atom stereocenters. The molecule has 0 saturated carbocycles. The van der Waals surface area contributed by atoms with Crippen LogP contribution in [0.4, 0.5) is 0 Å². The van der Waals surface area contributed by atoms with Crippen molar-refractivity contribution in [2.45, 2.75) is 31.6 Å². The highest BCUT2D eigenvalue weighted by atomic mass is 32.2. The summed E-state index contributed by atoms with van der Waals surface area (Å²) in [6.07, 6.45) is 0.834. The fourth-order valence-corrected chi connectivity index (χ4v) is 4.56. The van der Waals surface area contributed by atoms with Crippen molar-refractivity contribution in [3.05, 3.63) is 23.8 Å². The largest absolute Gasteiger partial charge is 0.497 e. The van der Waals surface area contributed by atoms with E-state index >= 15 is 0 Å². The van der Waals surface area contributed by atoms with Crippen molar-refractivity contribution in [3.8, 4) is 11.5 Å². The number of aliphatic hydroxyl groups is 2. The number of rotatable bonds is 8. The Labute approximate surface area is 166 Å². The van der Waals surface area contributed by atoms with Gasteiger partial charge in [0.05, 0.1) is 13.2 Å². The highest BCUT2D eigenvalue weighted by molar-refractivity contribution is 7.99. The van der Waals surface area contributed by atoms with E-state index < -0.39 is 6.10 Å². The Morgan fingerprint density at radius 1 is 1.15 bits per heavy atom. The average molecular weight is 397 g/mol. The smallest absolute Gasteiger partial charge is 0.124 e. The van der Waals surface area contributed by atoms with Gasteiger partial charge in [-0.1, -0.05) is 0 Å². The van der Waals surface area contributed by atoms with Gasteiger partial charge >= 0.3 is 0 Å². The van der Waals surface area contributed by atoms with Gasteiger partial charge in [-0.05, 0) is 31.0 Å². The van der Waals surface area contributed by atoms with E-state index in [2.05, 4.69) is 9.80 Å². The van der Waals surface area contributed by atoms with Gasteiger partial charge in [-0.3, -0.25) is 4.90 Å². The number of hydrogen-bond acceptors (Lipinski definition) is 7. The van der Waals surface area contributed by atoms with Crippen molar-refractivity contribution in [2.24, 2.45) is 0 Å². The Kier molecular flexibility index (Phi) is 8.08. The number of benzene rings is 1. The lowest BCUT2D eigenvalue weighted by Crippen LogP contribution is -2.41. The third kappa shape index (κ3) is 6.54. The molecule has 0 amide bonds. The van der Waals surface area contributed by atoms with Gasteiger partial charge in [0.1, 0.15) is 24.2 Å². The van der Waals surface area contributed by atoms with E-state index in [9.17, 15) is 10.2 Å². The molecule has 2 fully saturated rings. The summed E-state index contributed by atoms with van der Waals surface area (Å²) in [4.78, 5) is 4.63. The van der Waals surface area contributed by atoms with Crippen molar-refractivity contribution >= 4 is 11.8 Å². The molecule has 7 heteroatoms. The van der Waals surface area contributed by atoms with E-state index in [4.69, 9.17) is 9.47 Å². The third-order valence-electron chi connectivity index (χ3n) is 5.22. The Morgan fingerprint density at radius 2 is 1.89 bits per heavy atom. The van der Waals surface area contributed by atoms with Gasteiger partial charge in [-0.25, -0.2) is 0 Å². The second-order valence-corrected chi connectivity index (χ2v) is 8.58. The number of likely N-dealkylation sites (tertiary alicyclic amines) is 1. The van der Waals surface area contributed by atoms with E-state index in [0.717, 1.165) is 62.6 Å². The second-order valence-electron chi connectivity index (χ2n) is 7.36. The number of hydrogen-bond donors (Lipinski definition) is 2. The fraction of sp³-hybridized carbons (Fsp3) is 0.700. The lowest BCUT2D eigenvalue weighted by molar-refractivity contribution is 0.0335. The van der Waals surface area contributed by atoms with E-state index in [0.29, 0.717) is 6.54 Å². The predicted molar refractivity (Wildman–Crippen MR) is 109 cm³/mol. The van der Waals surface area contributed by atoms with Crippen molar-refractivity contribution < 1.29 is 19.7 Å². The molecule has 152 valence electrons. The van der Waals surface area contributed by atoms with Crippen molar-refractivity contribution in [1.82, 2.24) is 9.80 Å². The Bertz CT molecular complexity index is 575. The van der Waals surface area contributed by atoms with Crippen LogP contribution in [-0.4, -0.2) is 90.2 Å². The minimum atomic E-state index is -0.540. The highest BCUT2D eigenvalue weighted by Gasteiger charge is 2.20. The Hall–Kier alpha value is -0.990. The molecule has 3 rings (SSSR count). The van der Waals surface area contributed by atoms with E-state index in [1.165, 1.54) is 11.5 Å². The summed E-state index contributed by atoms with van der Waals surface area (Å²) >= 11 is 2.00. The molecule has 2 saturated heterocycles. The second kappa shape index (κ2) is 10.5. The summed E-state index contributed by atoms with van der Waals surface area (Å²) < 4.78 is 11.4. The lowest BCUT2D eigenvalue weighted by Gasteiger charge is -2.31. The maximum absolute atomic E-state index is 10.4. The number of aliphatic hydroxyl groups excluding tert-OH is 2. The van der Waals surface area contributed by atoms with Gasteiger partial charge in [0, 0.05) is 56.3 Å². The monoisotopic (exact) mass is 396 g/mol. The van der Waals surface area contributed by atoms with Gasteiger partial charge in [-0.15, -0.1) is 0 Å². The molecule has 0 spiro atoms. The topological polar surface area (TPSA) is 65.4 Å². The number of β-amino-alcohol motifs (C(OH)–C–C–N with tert-alkyl or cyclic N) is 1. The Morgan fingerprint density at radius 3 is 2.59 bits per heavy atom. The average Bonchev–Trinajstić information content (AvgIpc) is 2.69. The molecule has 1 aromatic carbocycles. The third-order valence-corrected chi connectivity index (χ3v) is 6.17. The first kappa shape index (κ1) is 20.7. The molecule has 2 aliphatic heterocycles. The van der Waals surface area contributed by atoms with E-state index in [-0.39, 0.29) is 12.7 Å². The summed E-state index contributed by atoms with van der Waals surface area (Å²) in [5.41, 5.74) is 1.11. The van der Waals surface area contributed by atoms with Gasteiger partial charge in [0.2, 0.25) is 0 Å². The summed E-state index contributed by atoms with van der Waals surface area (Å²) in [5, 5.41) is 20.0. The molecule has 0 radical (unpaired) electrons. The van der Waals surface area contributed by atoms with Crippen LogP contribution in [0.25, 0.3) is 0 Å². The Balaban J connectivity index is 1.54. The van der Waals surface area contributed by atoms with Crippen LogP contribution in [0.1, 0.15) is 18.4 Å². The van der Waals surface area contributed by atoms with Crippen LogP contribution in [0.3, 0.4) is 0 Å². The molecule has 6 nitrogen and oxygen atoms in total. The van der Waals surface area contributed by atoms with Gasteiger partial charge in [0.25, 0.3) is 0 Å². The van der Waals surface area contributed by atoms with Crippen LogP contribution in [0.2, 0.25) is 0 Å². The molecule has 1 unspecified atom stereocenters. The normalized spacial score (nSPS) is 21.1. The number of thioether (sulfide) groups is 1. The van der Waals surface area contributed by atoms with Crippen LogP contribution < -0.4 is 9.47 Å². The van der Waals surface area contributed by atoms with Crippen LogP contribution in [-0.2, 0) is 6.54 Å². The lowest BCUT2D eigenvalue weighted by atomic mass is 10.1. The van der Waals surface area contributed by atoms with Gasteiger partial charge in [-0.2, -0.15) is 11.8 Å². The molecule has 2 heterocycles.